The summed E-state index contributed by atoms with van der Waals surface area (Å²) in [7, 11) is 0. The van der Waals surface area contributed by atoms with Gasteiger partial charge in [-0.1, -0.05) is 11.8 Å². The second kappa shape index (κ2) is 7.14. The van der Waals surface area contributed by atoms with Crippen LogP contribution in [0.15, 0.2) is 27.8 Å². The molecule has 1 aromatic carbocycles. The average molecular weight is 379 g/mol. The molecular weight excluding hydrogens is 358 g/mol. The van der Waals surface area contributed by atoms with E-state index in [1.165, 1.54) is 23.9 Å². The van der Waals surface area contributed by atoms with Crippen LogP contribution in [0, 0.1) is 10.1 Å². The Balaban J connectivity index is 1.65. The molecule has 0 bridgehead atoms. The van der Waals surface area contributed by atoms with Crippen molar-refractivity contribution in [2.24, 2.45) is 0 Å². The highest BCUT2D eigenvalue weighted by molar-refractivity contribution is 7.99. The van der Waals surface area contributed by atoms with Crippen molar-refractivity contribution in [3.8, 4) is 0 Å². The highest BCUT2D eigenvalue weighted by Gasteiger charge is 2.32. The number of carbonyl (C=O) groups is 1. The summed E-state index contributed by atoms with van der Waals surface area (Å²) in [6, 6.07) is 4.39. The van der Waals surface area contributed by atoms with Crippen LogP contribution in [0.3, 0.4) is 0 Å². The van der Waals surface area contributed by atoms with Gasteiger partial charge in [0.25, 0.3) is 10.9 Å². The third-order valence-electron chi connectivity index (χ3n) is 3.97. The molecule has 0 spiro atoms. The molecule has 2 heterocycles. The van der Waals surface area contributed by atoms with E-state index < -0.39 is 10.5 Å². The number of benzene rings is 1. The predicted octanol–water partition coefficient (Wildman–Crippen LogP) is 4.23. The molecule has 0 unspecified atom stereocenters. The first-order valence-corrected chi connectivity index (χ1v) is 9.39. The topological polar surface area (TPSA) is 98.7 Å². The van der Waals surface area contributed by atoms with Gasteiger partial charge in [0.05, 0.1) is 4.92 Å². The van der Waals surface area contributed by atoms with E-state index in [0.29, 0.717) is 28.6 Å². The van der Waals surface area contributed by atoms with E-state index in [-0.39, 0.29) is 17.8 Å². The number of carbonyl (C=O) groups excluding carboxylic acids is 1. The molecule has 3 rings (SSSR count). The molecule has 0 radical (unpaired) electrons. The zero-order valence-corrected chi connectivity index (χ0v) is 15.7. The number of nitro groups is 1. The number of hydrogen-bond donors (Lipinski definition) is 0. The van der Waals surface area contributed by atoms with Crippen LogP contribution in [0.4, 0.5) is 10.5 Å². The van der Waals surface area contributed by atoms with Gasteiger partial charge in [-0.3, -0.25) is 10.1 Å². The lowest BCUT2D eigenvalue weighted by molar-refractivity contribution is -0.384. The first kappa shape index (κ1) is 18.5. The van der Waals surface area contributed by atoms with Crippen molar-refractivity contribution in [1.82, 2.24) is 9.88 Å². The summed E-state index contributed by atoms with van der Waals surface area (Å²) in [6.07, 6.45) is 1.54. The van der Waals surface area contributed by atoms with Crippen LogP contribution in [0.1, 0.15) is 33.6 Å². The number of hydrogen-bond acceptors (Lipinski definition) is 7. The number of aromatic nitrogens is 1. The summed E-state index contributed by atoms with van der Waals surface area (Å²) in [5.41, 5.74) is 0.423. The minimum Gasteiger partial charge on any atom is -0.444 e. The van der Waals surface area contributed by atoms with Crippen LogP contribution in [0.25, 0.3) is 11.1 Å². The molecule has 0 N–H and O–H groups in total. The standard InChI is InChI=1S/C17H21N3O5S/c1-17(2,3)25-16(21)19-8-4-5-12(19)10-26-15-18-13-9-11(20(22)23)6-7-14(13)24-15/h6-7,9,12H,4-5,8,10H2,1-3H3/t12-/m1/s1. The summed E-state index contributed by atoms with van der Waals surface area (Å²) in [4.78, 5) is 28.8. The van der Waals surface area contributed by atoms with Crippen LogP contribution >= 0.6 is 11.8 Å². The number of ether oxygens (including phenoxy) is 1. The number of rotatable bonds is 4. The van der Waals surface area contributed by atoms with Gasteiger partial charge in [0, 0.05) is 30.5 Å². The van der Waals surface area contributed by atoms with Crippen LogP contribution in [-0.4, -0.2) is 44.8 Å². The van der Waals surface area contributed by atoms with E-state index in [9.17, 15) is 14.9 Å². The lowest BCUT2D eigenvalue weighted by atomic mass is 10.2. The molecule has 1 aliphatic heterocycles. The molecule has 1 saturated heterocycles. The molecule has 2 aromatic rings. The van der Waals surface area contributed by atoms with Crippen molar-refractivity contribution < 1.29 is 18.9 Å². The van der Waals surface area contributed by atoms with Crippen molar-refractivity contribution in [2.45, 2.75) is 50.5 Å². The number of nitrogens with zero attached hydrogens (tertiary/aromatic N) is 3. The van der Waals surface area contributed by atoms with Gasteiger partial charge in [-0.05, 0) is 39.7 Å². The van der Waals surface area contributed by atoms with Crippen molar-refractivity contribution >= 4 is 34.6 Å². The summed E-state index contributed by atoms with van der Waals surface area (Å²) < 4.78 is 11.1. The predicted molar refractivity (Wildman–Crippen MR) is 97.3 cm³/mol. The molecule has 1 amide bonds. The smallest absolute Gasteiger partial charge is 0.410 e. The van der Waals surface area contributed by atoms with Crippen LogP contribution in [0.2, 0.25) is 0 Å². The third kappa shape index (κ3) is 4.27. The molecular formula is C17H21N3O5S. The maximum atomic E-state index is 12.3. The molecule has 0 aliphatic carbocycles. The van der Waals surface area contributed by atoms with Gasteiger partial charge in [0.1, 0.15) is 11.1 Å². The van der Waals surface area contributed by atoms with Crippen LogP contribution < -0.4 is 0 Å². The van der Waals surface area contributed by atoms with Gasteiger partial charge in [-0.15, -0.1) is 0 Å². The normalized spacial score (nSPS) is 17.7. The van der Waals surface area contributed by atoms with Gasteiger partial charge in [-0.25, -0.2) is 9.78 Å². The monoisotopic (exact) mass is 379 g/mol. The van der Waals surface area contributed by atoms with E-state index in [1.807, 2.05) is 20.8 Å². The summed E-state index contributed by atoms with van der Waals surface area (Å²) in [5, 5.41) is 11.3. The Morgan fingerprint density at radius 3 is 2.96 bits per heavy atom. The lowest BCUT2D eigenvalue weighted by Crippen LogP contribution is -2.40. The largest absolute Gasteiger partial charge is 0.444 e. The van der Waals surface area contributed by atoms with Crippen LogP contribution in [-0.2, 0) is 4.74 Å². The molecule has 1 aliphatic rings. The summed E-state index contributed by atoms with van der Waals surface area (Å²) in [5.74, 6) is 0.633. The Morgan fingerprint density at radius 1 is 1.50 bits per heavy atom. The maximum absolute atomic E-state index is 12.3. The first-order valence-electron chi connectivity index (χ1n) is 8.40. The number of nitro benzene ring substituents is 1. The van der Waals surface area contributed by atoms with E-state index >= 15 is 0 Å². The Bertz CT molecular complexity index is 829. The fourth-order valence-electron chi connectivity index (χ4n) is 2.81. The fourth-order valence-corrected chi connectivity index (χ4v) is 3.80. The molecule has 8 nitrogen and oxygen atoms in total. The minimum absolute atomic E-state index is 0.0192. The second-order valence-electron chi connectivity index (χ2n) is 7.17. The Hall–Kier alpha value is -2.29. The van der Waals surface area contributed by atoms with Gasteiger partial charge < -0.3 is 14.1 Å². The van der Waals surface area contributed by atoms with Crippen LogP contribution in [0.5, 0.6) is 0 Å². The number of non-ortho nitro benzene ring substituents is 1. The Morgan fingerprint density at radius 2 is 2.27 bits per heavy atom. The number of amides is 1. The number of thioether (sulfide) groups is 1. The fraction of sp³-hybridized carbons (Fsp3) is 0.529. The number of likely N-dealkylation sites (tertiary alicyclic amines) is 1. The number of fused-ring (bicyclic) bond motifs is 1. The molecule has 0 saturated carbocycles. The van der Waals surface area contributed by atoms with Crippen molar-refractivity contribution in [3.63, 3.8) is 0 Å². The van der Waals surface area contributed by atoms with Gasteiger partial charge in [0.15, 0.2) is 5.58 Å². The zero-order chi connectivity index (χ0) is 18.9. The van der Waals surface area contributed by atoms with Crippen molar-refractivity contribution in [1.29, 1.82) is 0 Å². The summed E-state index contributed by atoms with van der Waals surface area (Å²) >= 11 is 1.40. The first-order chi connectivity index (χ1) is 12.2. The Labute approximate surface area is 155 Å². The molecule has 1 atom stereocenters. The van der Waals surface area contributed by atoms with Gasteiger partial charge in [-0.2, -0.15) is 0 Å². The zero-order valence-electron chi connectivity index (χ0n) is 14.9. The molecule has 26 heavy (non-hydrogen) atoms. The highest BCUT2D eigenvalue weighted by atomic mass is 32.2. The SMILES string of the molecule is CC(C)(C)OC(=O)N1CCC[C@@H]1CSc1nc2cc([N+](=O)[O-])ccc2o1. The van der Waals surface area contributed by atoms with E-state index in [1.54, 1.807) is 11.0 Å². The van der Waals surface area contributed by atoms with E-state index in [4.69, 9.17) is 9.15 Å². The van der Waals surface area contributed by atoms with Gasteiger partial charge in [0.2, 0.25) is 0 Å². The van der Waals surface area contributed by atoms with E-state index in [0.717, 1.165) is 12.8 Å². The third-order valence-corrected chi connectivity index (χ3v) is 4.94. The highest BCUT2D eigenvalue weighted by Crippen LogP contribution is 2.30. The Kier molecular flexibility index (Phi) is 5.08. The summed E-state index contributed by atoms with van der Waals surface area (Å²) in [6.45, 7) is 6.23. The minimum atomic E-state index is -0.521. The second-order valence-corrected chi connectivity index (χ2v) is 8.14. The quantitative estimate of drug-likeness (QED) is 0.445. The lowest BCUT2D eigenvalue weighted by Gasteiger charge is -2.28. The molecule has 140 valence electrons. The maximum Gasteiger partial charge on any atom is 0.410 e. The number of oxazole rings is 1. The van der Waals surface area contributed by atoms with Crippen molar-refractivity contribution in [2.75, 3.05) is 12.3 Å². The molecule has 1 fully saturated rings. The molecule has 1 aromatic heterocycles. The molecule has 9 heteroatoms. The van der Waals surface area contributed by atoms with Crippen molar-refractivity contribution in [3.05, 3.63) is 28.3 Å². The average Bonchev–Trinajstić information content (AvgIpc) is 3.16. The van der Waals surface area contributed by atoms with E-state index in [2.05, 4.69) is 4.98 Å². The van der Waals surface area contributed by atoms with Gasteiger partial charge >= 0.3 is 6.09 Å².